The van der Waals surface area contributed by atoms with Crippen LogP contribution in [-0.2, 0) is 4.74 Å². The molecule has 3 aliphatic carbocycles. The molecule has 0 heterocycles. The minimum absolute atomic E-state index is 0.0665. The SMILES string of the molecule is O=C(O)OC1C2CC3CCCC3C21. The Hall–Kier alpha value is -0.730. The summed E-state index contributed by atoms with van der Waals surface area (Å²) in [7, 11) is 0. The van der Waals surface area contributed by atoms with Gasteiger partial charge in [-0.1, -0.05) is 12.8 Å². The van der Waals surface area contributed by atoms with Gasteiger partial charge in [0.05, 0.1) is 0 Å². The molecule has 3 nitrogen and oxygen atoms in total. The highest BCUT2D eigenvalue weighted by atomic mass is 16.7. The van der Waals surface area contributed by atoms with Gasteiger partial charge in [0.1, 0.15) is 6.10 Å². The number of hydrogen-bond acceptors (Lipinski definition) is 2. The number of carbonyl (C=O) groups is 1. The Morgan fingerprint density at radius 1 is 1.31 bits per heavy atom. The molecule has 0 saturated heterocycles. The Labute approximate surface area is 77.1 Å². The molecule has 3 fully saturated rings. The summed E-state index contributed by atoms with van der Waals surface area (Å²) in [5.74, 6) is 2.90. The van der Waals surface area contributed by atoms with E-state index in [1.807, 2.05) is 0 Å². The molecule has 0 spiro atoms. The van der Waals surface area contributed by atoms with E-state index in [1.165, 1.54) is 25.7 Å². The highest BCUT2D eigenvalue weighted by Gasteiger charge is 2.64. The summed E-state index contributed by atoms with van der Waals surface area (Å²) in [5.41, 5.74) is 0. The molecule has 0 aromatic carbocycles. The van der Waals surface area contributed by atoms with E-state index < -0.39 is 6.16 Å². The van der Waals surface area contributed by atoms with Crippen molar-refractivity contribution in [2.75, 3.05) is 0 Å². The predicted molar refractivity (Wildman–Crippen MR) is 45.3 cm³/mol. The van der Waals surface area contributed by atoms with Crippen molar-refractivity contribution in [1.29, 1.82) is 0 Å². The molecule has 0 amide bonds. The molecule has 0 aliphatic heterocycles. The molecule has 0 aromatic heterocycles. The van der Waals surface area contributed by atoms with Crippen LogP contribution in [0.4, 0.5) is 4.79 Å². The Balaban J connectivity index is 1.66. The molecular formula is C10H14O3. The first kappa shape index (κ1) is 7.65. The van der Waals surface area contributed by atoms with Gasteiger partial charge in [-0.2, -0.15) is 0 Å². The zero-order valence-corrected chi connectivity index (χ0v) is 7.48. The fourth-order valence-electron chi connectivity index (χ4n) is 3.72. The van der Waals surface area contributed by atoms with Crippen LogP contribution in [0.3, 0.4) is 0 Å². The number of carboxylic acid groups (broad SMARTS) is 1. The maximum Gasteiger partial charge on any atom is 0.506 e. The van der Waals surface area contributed by atoms with Gasteiger partial charge in [0.15, 0.2) is 0 Å². The van der Waals surface area contributed by atoms with Crippen molar-refractivity contribution in [1.82, 2.24) is 0 Å². The van der Waals surface area contributed by atoms with Crippen LogP contribution in [0.1, 0.15) is 25.7 Å². The summed E-state index contributed by atoms with van der Waals surface area (Å²) >= 11 is 0. The van der Waals surface area contributed by atoms with Gasteiger partial charge in [0, 0.05) is 11.8 Å². The van der Waals surface area contributed by atoms with E-state index in [2.05, 4.69) is 0 Å². The summed E-state index contributed by atoms with van der Waals surface area (Å²) in [6, 6.07) is 0. The molecule has 5 unspecified atom stereocenters. The first-order valence-electron chi connectivity index (χ1n) is 5.17. The first-order chi connectivity index (χ1) is 6.27. The number of rotatable bonds is 1. The second-order valence-electron chi connectivity index (χ2n) is 4.68. The van der Waals surface area contributed by atoms with Crippen LogP contribution in [0.15, 0.2) is 0 Å². The molecule has 3 aliphatic rings. The maximum absolute atomic E-state index is 10.4. The Kier molecular flexibility index (Phi) is 1.41. The number of ether oxygens (including phenoxy) is 1. The third kappa shape index (κ3) is 0.990. The van der Waals surface area contributed by atoms with Gasteiger partial charge < -0.3 is 9.84 Å². The zero-order valence-electron chi connectivity index (χ0n) is 7.48. The van der Waals surface area contributed by atoms with Crippen molar-refractivity contribution in [3.05, 3.63) is 0 Å². The van der Waals surface area contributed by atoms with Crippen molar-refractivity contribution in [3.8, 4) is 0 Å². The van der Waals surface area contributed by atoms with E-state index in [4.69, 9.17) is 9.84 Å². The van der Waals surface area contributed by atoms with E-state index in [0.717, 1.165) is 11.8 Å². The third-order valence-corrected chi connectivity index (χ3v) is 4.18. The molecule has 3 saturated carbocycles. The Morgan fingerprint density at radius 3 is 2.92 bits per heavy atom. The second kappa shape index (κ2) is 2.40. The standard InChI is InChI=1S/C10H14O3/c11-10(12)13-9-7-4-5-2-1-3-6(5)8(7)9/h5-9H,1-4H2,(H,11,12). The highest BCUT2D eigenvalue weighted by Crippen LogP contribution is 2.64. The highest BCUT2D eigenvalue weighted by molar-refractivity contribution is 5.57. The van der Waals surface area contributed by atoms with Gasteiger partial charge in [-0.05, 0) is 24.7 Å². The minimum atomic E-state index is -1.09. The van der Waals surface area contributed by atoms with Crippen molar-refractivity contribution in [3.63, 3.8) is 0 Å². The summed E-state index contributed by atoms with van der Waals surface area (Å²) < 4.78 is 4.85. The van der Waals surface area contributed by atoms with Gasteiger partial charge in [-0.25, -0.2) is 4.79 Å². The molecular weight excluding hydrogens is 168 g/mol. The van der Waals surface area contributed by atoms with Crippen LogP contribution in [-0.4, -0.2) is 17.4 Å². The fraction of sp³-hybridized carbons (Fsp3) is 0.900. The first-order valence-corrected chi connectivity index (χ1v) is 5.17. The van der Waals surface area contributed by atoms with E-state index >= 15 is 0 Å². The molecule has 5 atom stereocenters. The van der Waals surface area contributed by atoms with Crippen LogP contribution < -0.4 is 0 Å². The van der Waals surface area contributed by atoms with Crippen LogP contribution in [0.25, 0.3) is 0 Å². The summed E-state index contributed by atoms with van der Waals surface area (Å²) in [6.07, 6.45) is 4.24. The Bertz CT molecular complexity index is 251. The smallest absolute Gasteiger partial charge is 0.450 e. The van der Waals surface area contributed by atoms with Gasteiger partial charge in [0.2, 0.25) is 0 Å². The average Bonchev–Trinajstić information content (AvgIpc) is 2.46. The van der Waals surface area contributed by atoms with Gasteiger partial charge in [0.25, 0.3) is 0 Å². The fourth-order valence-corrected chi connectivity index (χ4v) is 3.72. The number of hydrogen-bond donors (Lipinski definition) is 1. The van der Waals surface area contributed by atoms with Crippen molar-refractivity contribution in [2.45, 2.75) is 31.8 Å². The van der Waals surface area contributed by atoms with Crippen LogP contribution in [0.2, 0.25) is 0 Å². The van der Waals surface area contributed by atoms with Gasteiger partial charge in [-0.15, -0.1) is 0 Å². The molecule has 3 rings (SSSR count). The average molecular weight is 182 g/mol. The normalized spacial score (nSPS) is 51.2. The maximum atomic E-state index is 10.4. The van der Waals surface area contributed by atoms with E-state index in [9.17, 15) is 4.79 Å². The van der Waals surface area contributed by atoms with Gasteiger partial charge >= 0.3 is 6.16 Å². The summed E-state index contributed by atoms with van der Waals surface area (Å²) in [6.45, 7) is 0. The molecule has 3 heteroatoms. The van der Waals surface area contributed by atoms with Crippen LogP contribution in [0, 0.1) is 23.7 Å². The van der Waals surface area contributed by atoms with Crippen LogP contribution >= 0.6 is 0 Å². The second-order valence-corrected chi connectivity index (χ2v) is 4.68. The van der Waals surface area contributed by atoms with Crippen molar-refractivity contribution < 1.29 is 14.6 Å². The van der Waals surface area contributed by atoms with Crippen molar-refractivity contribution >= 4 is 6.16 Å². The zero-order chi connectivity index (χ0) is 9.00. The molecule has 0 radical (unpaired) electrons. The Morgan fingerprint density at radius 2 is 2.15 bits per heavy atom. The predicted octanol–water partition coefficient (Wildman–Crippen LogP) is 2.12. The monoisotopic (exact) mass is 182 g/mol. The van der Waals surface area contributed by atoms with Crippen molar-refractivity contribution in [2.24, 2.45) is 23.7 Å². The van der Waals surface area contributed by atoms with E-state index in [1.54, 1.807) is 0 Å². The molecule has 0 bridgehead atoms. The quantitative estimate of drug-likeness (QED) is 0.632. The lowest BCUT2D eigenvalue weighted by molar-refractivity contribution is 0.0672. The van der Waals surface area contributed by atoms with E-state index in [0.29, 0.717) is 11.8 Å². The lowest BCUT2D eigenvalue weighted by atomic mass is 9.94. The summed E-state index contributed by atoms with van der Waals surface area (Å²) in [5, 5.41) is 8.50. The molecule has 1 N–H and O–H groups in total. The topological polar surface area (TPSA) is 46.5 Å². The third-order valence-electron chi connectivity index (χ3n) is 4.18. The lowest BCUT2D eigenvalue weighted by Crippen LogP contribution is -2.14. The number of fused-ring (bicyclic) bond motifs is 3. The van der Waals surface area contributed by atoms with Crippen LogP contribution in [0.5, 0.6) is 0 Å². The molecule has 13 heavy (non-hydrogen) atoms. The summed E-state index contributed by atoms with van der Waals surface area (Å²) in [4.78, 5) is 10.4. The molecule has 72 valence electrons. The largest absolute Gasteiger partial charge is 0.506 e. The lowest BCUT2D eigenvalue weighted by Gasteiger charge is -2.14. The minimum Gasteiger partial charge on any atom is -0.450 e. The molecule has 0 aromatic rings. The van der Waals surface area contributed by atoms with E-state index in [-0.39, 0.29) is 6.10 Å². The van der Waals surface area contributed by atoms with Gasteiger partial charge in [-0.3, -0.25) is 0 Å².